The highest BCUT2D eigenvalue weighted by atomic mass is 79.9. The molecule has 0 spiro atoms. The lowest BCUT2D eigenvalue weighted by Gasteiger charge is -2.31. The summed E-state index contributed by atoms with van der Waals surface area (Å²) in [5.41, 5.74) is 1.63. The monoisotopic (exact) mass is 400 g/mol. The second-order valence-corrected chi connectivity index (χ2v) is 7.43. The van der Waals surface area contributed by atoms with Gasteiger partial charge in [0.25, 0.3) is 0 Å². The van der Waals surface area contributed by atoms with Crippen LogP contribution >= 0.6 is 15.9 Å². The number of hydrogen-bond acceptors (Lipinski definition) is 2. The summed E-state index contributed by atoms with van der Waals surface area (Å²) < 4.78 is 42.2. The van der Waals surface area contributed by atoms with Crippen LogP contribution in [0.5, 0.6) is 0 Å². The molecule has 1 amide bonds. The second kappa shape index (κ2) is 5.74. The maximum atomic E-state index is 13.9. The predicted octanol–water partition coefficient (Wildman–Crippen LogP) is 4.58. The molecule has 1 heterocycles. The minimum atomic E-state index is -4.54. The van der Waals surface area contributed by atoms with E-state index < -0.39 is 23.5 Å². The van der Waals surface area contributed by atoms with E-state index in [9.17, 15) is 18.0 Å². The molecular weight excluding hydrogens is 385 g/mol. The van der Waals surface area contributed by atoms with E-state index in [1.54, 1.807) is 50.2 Å². The van der Waals surface area contributed by atoms with Gasteiger partial charge in [0, 0.05) is 16.6 Å². The number of hydrazine groups is 1. The topological polar surface area (TPSA) is 32.3 Å². The molecule has 24 heavy (non-hydrogen) atoms. The van der Waals surface area contributed by atoms with Gasteiger partial charge in [-0.15, -0.1) is 0 Å². The van der Waals surface area contributed by atoms with E-state index in [1.807, 2.05) is 0 Å². The first-order valence-electron chi connectivity index (χ1n) is 7.43. The van der Waals surface area contributed by atoms with E-state index in [-0.39, 0.29) is 12.1 Å². The number of benzene rings is 2. The number of fused-ring (bicyclic) bond motifs is 1. The SMILES string of the molecule is CC1(C)CN([C@@H](c2c(Br)ccc3ccccc23)C(F)(F)F)NC1=O. The lowest BCUT2D eigenvalue weighted by molar-refractivity contribution is -0.191. The summed E-state index contributed by atoms with van der Waals surface area (Å²) >= 11 is 3.26. The molecule has 1 saturated heterocycles. The van der Waals surface area contributed by atoms with Gasteiger partial charge in [0.05, 0.1) is 5.41 Å². The Bertz CT molecular complexity index is 804. The number of hydrogen-bond donors (Lipinski definition) is 1. The Morgan fingerprint density at radius 2 is 1.88 bits per heavy atom. The van der Waals surface area contributed by atoms with Crippen LogP contribution in [0, 0.1) is 5.41 Å². The summed E-state index contributed by atoms with van der Waals surface area (Å²) in [7, 11) is 0. The Balaban J connectivity index is 2.19. The van der Waals surface area contributed by atoms with Crippen LogP contribution in [0.15, 0.2) is 40.9 Å². The zero-order valence-electron chi connectivity index (χ0n) is 13.1. The molecule has 1 N–H and O–H groups in total. The van der Waals surface area contributed by atoms with Gasteiger partial charge in [-0.25, -0.2) is 5.01 Å². The molecular formula is C17H16BrF3N2O. The smallest absolute Gasteiger partial charge is 0.287 e. The minimum Gasteiger partial charge on any atom is -0.287 e. The molecule has 0 unspecified atom stereocenters. The van der Waals surface area contributed by atoms with Gasteiger partial charge in [-0.05, 0) is 30.7 Å². The molecule has 0 saturated carbocycles. The molecule has 0 radical (unpaired) electrons. The third-order valence-electron chi connectivity index (χ3n) is 4.24. The number of halogens is 4. The van der Waals surface area contributed by atoms with Crippen molar-refractivity contribution in [2.45, 2.75) is 26.1 Å². The summed E-state index contributed by atoms with van der Waals surface area (Å²) in [6, 6.07) is 8.37. The number of amides is 1. The van der Waals surface area contributed by atoms with Gasteiger partial charge >= 0.3 is 6.18 Å². The molecule has 2 aromatic rings. The van der Waals surface area contributed by atoms with Crippen LogP contribution in [-0.4, -0.2) is 23.6 Å². The molecule has 1 aliphatic rings. The Kier molecular flexibility index (Phi) is 4.12. The molecule has 3 nitrogen and oxygen atoms in total. The van der Waals surface area contributed by atoms with Crippen molar-refractivity contribution in [1.29, 1.82) is 0 Å². The largest absolute Gasteiger partial charge is 0.409 e. The zero-order chi connectivity index (χ0) is 17.7. The Hall–Kier alpha value is -1.60. The molecule has 0 bridgehead atoms. The first-order chi connectivity index (χ1) is 11.1. The molecule has 2 aromatic carbocycles. The fourth-order valence-corrected chi connectivity index (χ4v) is 3.58. The van der Waals surface area contributed by atoms with Gasteiger partial charge < -0.3 is 0 Å². The van der Waals surface area contributed by atoms with Crippen molar-refractivity contribution < 1.29 is 18.0 Å². The van der Waals surface area contributed by atoms with E-state index >= 15 is 0 Å². The quantitative estimate of drug-likeness (QED) is 0.799. The van der Waals surface area contributed by atoms with Gasteiger partial charge in [-0.3, -0.25) is 10.2 Å². The van der Waals surface area contributed by atoms with Crippen LogP contribution in [0.25, 0.3) is 10.8 Å². The standard InChI is InChI=1S/C17H16BrF3N2O/c1-16(2)9-23(22-15(16)24)14(17(19,20)21)13-11-6-4-3-5-10(11)7-8-12(13)18/h3-8,14H,9H2,1-2H3,(H,22,24)/t14-/m0/s1. The molecule has 1 aliphatic heterocycles. The first kappa shape index (κ1) is 17.2. The number of rotatable bonds is 2. The molecule has 3 rings (SSSR count). The fraction of sp³-hybridized carbons (Fsp3) is 0.353. The Labute approximate surface area is 145 Å². The van der Waals surface area contributed by atoms with Gasteiger partial charge in [-0.1, -0.05) is 46.3 Å². The Morgan fingerprint density at radius 1 is 1.21 bits per heavy atom. The highest BCUT2D eigenvalue weighted by Gasteiger charge is 2.52. The number of nitrogens with zero attached hydrogens (tertiary/aromatic N) is 1. The summed E-state index contributed by atoms with van der Waals surface area (Å²) in [4.78, 5) is 12.0. The third kappa shape index (κ3) is 2.91. The highest BCUT2D eigenvalue weighted by Crippen LogP contribution is 2.45. The zero-order valence-corrected chi connectivity index (χ0v) is 14.7. The van der Waals surface area contributed by atoms with Gasteiger partial charge in [0.1, 0.15) is 0 Å². The predicted molar refractivity (Wildman–Crippen MR) is 89.1 cm³/mol. The lowest BCUT2D eigenvalue weighted by atomic mass is 9.93. The molecule has 128 valence electrons. The molecule has 0 aromatic heterocycles. The first-order valence-corrected chi connectivity index (χ1v) is 8.22. The maximum Gasteiger partial charge on any atom is 0.409 e. The van der Waals surface area contributed by atoms with Crippen LogP contribution in [-0.2, 0) is 4.79 Å². The lowest BCUT2D eigenvalue weighted by Crippen LogP contribution is -2.43. The van der Waals surface area contributed by atoms with Crippen molar-refractivity contribution in [3.05, 3.63) is 46.4 Å². The van der Waals surface area contributed by atoms with Crippen molar-refractivity contribution in [2.24, 2.45) is 5.41 Å². The minimum absolute atomic E-state index is 0.0222. The van der Waals surface area contributed by atoms with Crippen molar-refractivity contribution >= 4 is 32.6 Å². The van der Waals surface area contributed by atoms with E-state index in [0.29, 0.717) is 9.86 Å². The average molecular weight is 401 g/mol. The third-order valence-corrected chi connectivity index (χ3v) is 4.93. The average Bonchev–Trinajstić information content (AvgIpc) is 2.74. The molecule has 1 atom stereocenters. The van der Waals surface area contributed by atoms with Crippen LogP contribution in [0.1, 0.15) is 25.5 Å². The maximum absolute atomic E-state index is 13.9. The summed E-state index contributed by atoms with van der Waals surface area (Å²) in [6.45, 7) is 3.24. The highest BCUT2D eigenvalue weighted by molar-refractivity contribution is 9.10. The van der Waals surface area contributed by atoms with Gasteiger partial charge in [-0.2, -0.15) is 13.2 Å². The summed E-state index contributed by atoms with van der Waals surface area (Å²) in [5, 5.41) is 2.22. The fourth-order valence-electron chi connectivity index (χ4n) is 3.02. The number of carbonyl (C=O) groups is 1. The van der Waals surface area contributed by atoms with Crippen molar-refractivity contribution in [3.63, 3.8) is 0 Å². The van der Waals surface area contributed by atoms with Crippen LogP contribution in [0.2, 0.25) is 0 Å². The van der Waals surface area contributed by atoms with Crippen molar-refractivity contribution in [1.82, 2.24) is 10.4 Å². The van der Waals surface area contributed by atoms with Crippen molar-refractivity contribution in [2.75, 3.05) is 6.54 Å². The summed E-state index contributed by atoms with van der Waals surface area (Å²) in [5.74, 6) is -0.409. The van der Waals surface area contributed by atoms with Gasteiger partial charge in [0.2, 0.25) is 5.91 Å². The number of carbonyl (C=O) groups excluding carboxylic acids is 1. The van der Waals surface area contributed by atoms with Crippen LogP contribution in [0.3, 0.4) is 0 Å². The van der Waals surface area contributed by atoms with Crippen LogP contribution < -0.4 is 5.43 Å². The van der Waals surface area contributed by atoms with E-state index in [2.05, 4.69) is 21.4 Å². The second-order valence-electron chi connectivity index (χ2n) is 6.58. The Morgan fingerprint density at radius 3 is 2.46 bits per heavy atom. The van der Waals surface area contributed by atoms with Crippen LogP contribution in [0.4, 0.5) is 13.2 Å². The number of alkyl halides is 3. The van der Waals surface area contributed by atoms with E-state index in [1.165, 1.54) is 0 Å². The van der Waals surface area contributed by atoms with E-state index in [4.69, 9.17) is 0 Å². The van der Waals surface area contributed by atoms with Crippen molar-refractivity contribution in [3.8, 4) is 0 Å². The van der Waals surface area contributed by atoms with E-state index in [0.717, 1.165) is 10.4 Å². The normalized spacial score (nSPS) is 19.5. The molecule has 1 fully saturated rings. The molecule has 0 aliphatic carbocycles. The molecule has 7 heteroatoms. The van der Waals surface area contributed by atoms with Gasteiger partial charge in [0.15, 0.2) is 6.04 Å². The summed E-state index contributed by atoms with van der Waals surface area (Å²) in [6.07, 6.45) is -4.54. The number of nitrogens with one attached hydrogen (secondary N) is 1.